The third-order valence-electron chi connectivity index (χ3n) is 2.82. The van der Waals surface area contributed by atoms with Gasteiger partial charge in [0.25, 0.3) is 0 Å². The van der Waals surface area contributed by atoms with Crippen molar-refractivity contribution in [1.29, 1.82) is 0 Å². The van der Waals surface area contributed by atoms with Gasteiger partial charge in [-0.25, -0.2) is 0 Å². The van der Waals surface area contributed by atoms with Crippen LogP contribution < -0.4 is 10.6 Å². The quantitative estimate of drug-likeness (QED) is 0.628. The minimum absolute atomic E-state index is 0.0131. The van der Waals surface area contributed by atoms with Crippen LogP contribution in [0.5, 0.6) is 0 Å². The molecule has 1 rings (SSSR count). The topological polar surface area (TPSA) is 59.6 Å². The molecule has 0 aliphatic carbocycles. The Bertz CT molecular complexity index is 211. The predicted octanol–water partition coefficient (Wildman–Crippen LogP) is -0.136. The fourth-order valence-electron chi connectivity index (χ4n) is 1.72. The van der Waals surface area contributed by atoms with Gasteiger partial charge >= 0.3 is 0 Å². The lowest BCUT2D eigenvalue weighted by Gasteiger charge is -2.24. The van der Waals surface area contributed by atoms with E-state index in [0.29, 0.717) is 6.54 Å². The maximum Gasteiger partial charge on any atom is 0.240 e. The zero-order valence-corrected chi connectivity index (χ0v) is 9.63. The molecule has 0 bridgehead atoms. The molecule has 0 aromatic carbocycles. The zero-order valence-electron chi connectivity index (χ0n) is 9.63. The van der Waals surface area contributed by atoms with Crippen LogP contribution in [0.3, 0.4) is 0 Å². The van der Waals surface area contributed by atoms with Crippen molar-refractivity contribution in [1.82, 2.24) is 10.6 Å². The predicted molar refractivity (Wildman–Crippen MR) is 56.5 cm³/mol. The van der Waals surface area contributed by atoms with Gasteiger partial charge in [0.1, 0.15) is 0 Å². The highest BCUT2D eigenvalue weighted by Gasteiger charge is 2.35. The summed E-state index contributed by atoms with van der Waals surface area (Å²) in [5.74, 6) is 0.0131. The van der Waals surface area contributed by atoms with Gasteiger partial charge in [0.05, 0.1) is 12.1 Å². The molecule has 1 atom stereocenters. The highest BCUT2D eigenvalue weighted by atomic mass is 16.7. The number of hydrogen-bond donors (Lipinski definition) is 2. The highest BCUT2D eigenvalue weighted by molar-refractivity contribution is 5.86. The molecule has 5 heteroatoms. The van der Waals surface area contributed by atoms with Crippen molar-refractivity contribution in [2.75, 3.05) is 27.3 Å². The maximum atomic E-state index is 11.8. The number of amides is 1. The molecule has 0 aromatic heterocycles. The normalized spacial score (nSPS) is 25.9. The summed E-state index contributed by atoms with van der Waals surface area (Å²) in [7, 11) is 3.10. The Balaban J connectivity index is 2.35. The van der Waals surface area contributed by atoms with E-state index in [2.05, 4.69) is 10.6 Å². The van der Waals surface area contributed by atoms with Crippen LogP contribution in [0.2, 0.25) is 0 Å². The van der Waals surface area contributed by atoms with Crippen molar-refractivity contribution in [2.24, 2.45) is 0 Å². The molecule has 0 radical (unpaired) electrons. The SMILES string of the molecule is COC(CNC(=O)C1(C)CCCN1)OC. The first-order valence-electron chi connectivity index (χ1n) is 5.21. The van der Waals surface area contributed by atoms with Crippen LogP contribution in [-0.2, 0) is 14.3 Å². The number of nitrogens with one attached hydrogen (secondary N) is 2. The van der Waals surface area contributed by atoms with E-state index in [9.17, 15) is 4.79 Å². The van der Waals surface area contributed by atoms with Gasteiger partial charge in [0.2, 0.25) is 5.91 Å². The molecule has 1 aliphatic rings. The van der Waals surface area contributed by atoms with Crippen molar-refractivity contribution in [3.63, 3.8) is 0 Å². The molecule has 0 spiro atoms. The third-order valence-corrected chi connectivity index (χ3v) is 2.82. The van der Waals surface area contributed by atoms with Crippen LogP contribution >= 0.6 is 0 Å². The van der Waals surface area contributed by atoms with E-state index >= 15 is 0 Å². The minimum Gasteiger partial charge on any atom is -0.354 e. The average Bonchev–Trinajstić information content (AvgIpc) is 2.68. The van der Waals surface area contributed by atoms with Gasteiger partial charge in [-0.05, 0) is 26.3 Å². The summed E-state index contributed by atoms with van der Waals surface area (Å²) >= 11 is 0. The van der Waals surface area contributed by atoms with Crippen molar-refractivity contribution in [3.05, 3.63) is 0 Å². The van der Waals surface area contributed by atoms with Crippen LogP contribution in [0.1, 0.15) is 19.8 Å². The number of ether oxygens (including phenoxy) is 2. The summed E-state index contributed by atoms with van der Waals surface area (Å²) in [4.78, 5) is 11.8. The largest absolute Gasteiger partial charge is 0.354 e. The first-order valence-corrected chi connectivity index (χ1v) is 5.21. The smallest absolute Gasteiger partial charge is 0.240 e. The van der Waals surface area contributed by atoms with E-state index in [-0.39, 0.29) is 12.2 Å². The van der Waals surface area contributed by atoms with Gasteiger partial charge in [-0.15, -0.1) is 0 Å². The molecule has 15 heavy (non-hydrogen) atoms. The highest BCUT2D eigenvalue weighted by Crippen LogP contribution is 2.18. The van der Waals surface area contributed by atoms with Crippen LogP contribution in [0.15, 0.2) is 0 Å². The van der Waals surface area contributed by atoms with Crippen LogP contribution in [0, 0.1) is 0 Å². The summed E-state index contributed by atoms with van der Waals surface area (Å²) < 4.78 is 9.98. The zero-order chi connectivity index (χ0) is 11.3. The van der Waals surface area contributed by atoms with E-state index in [1.165, 1.54) is 0 Å². The van der Waals surface area contributed by atoms with Crippen LogP contribution in [-0.4, -0.2) is 45.0 Å². The Labute approximate surface area is 90.5 Å². The van der Waals surface area contributed by atoms with Gasteiger partial charge in [0, 0.05) is 14.2 Å². The number of methoxy groups -OCH3 is 2. The first kappa shape index (κ1) is 12.4. The summed E-state index contributed by atoms with van der Waals surface area (Å²) in [5.41, 5.74) is -0.425. The van der Waals surface area contributed by atoms with E-state index in [0.717, 1.165) is 19.4 Å². The minimum atomic E-state index is -0.425. The van der Waals surface area contributed by atoms with E-state index in [1.807, 2.05) is 6.92 Å². The first-order chi connectivity index (χ1) is 7.12. The molecule has 88 valence electrons. The summed E-state index contributed by atoms with van der Waals surface area (Å²) in [6.45, 7) is 3.20. The Morgan fingerprint density at radius 3 is 2.67 bits per heavy atom. The average molecular weight is 216 g/mol. The molecule has 2 N–H and O–H groups in total. The molecule has 0 aromatic rings. The molecule has 1 amide bonds. The summed E-state index contributed by atoms with van der Waals surface area (Å²) in [5, 5.41) is 6.01. The van der Waals surface area contributed by atoms with Crippen molar-refractivity contribution < 1.29 is 14.3 Å². The second-order valence-electron chi connectivity index (χ2n) is 3.97. The molecular formula is C10H20N2O3. The Kier molecular flexibility index (Phi) is 4.50. The van der Waals surface area contributed by atoms with Gasteiger partial charge < -0.3 is 20.1 Å². The van der Waals surface area contributed by atoms with Gasteiger partial charge in [-0.2, -0.15) is 0 Å². The number of hydrogen-bond acceptors (Lipinski definition) is 4. The van der Waals surface area contributed by atoms with Gasteiger partial charge in [0.15, 0.2) is 6.29 Å². The molecule has 1 heterocycles. The summed E-state index contributed by atoms with van der Waals surface area (Å²) in [6, 6.07) is 0. The second-order valence-corrected chi connectivity index (χ2v) is 3.97. The standard InChI is InChI=1S/C10H20N2O3/c1-10(5-4-6-12-10)9(13)11-7-8(14-2)15-3/h8,12H,4-7H2,1-3H3,(H,11,13). The molecule has 1 aliphatic heterocycles. The number of carbonyl (C=O) groups excluding carboxylic acids is 1. The molecule has 1 unspecified atom stereocenters. The fourth-order valence-corrected chi connectivity index (χ4v) is 1.72. The Hall–Kier alpha value is -0.650. The van der Waals surface area contributed by atoms with Crippen LogP contribution in [0.25, 0.3) is 0 Å². The fraction of sp³-hybridized carbons (Fsp3) is 0.900. The number of carbonyl (C=O) groups is 1. The van der Waals surface area contributed by atoms with E-state index in [4.69, 9.17) is 9.47 Å². The Morgan fingerprint density at radius 1 is 1.53 bits per heavy atom. The van der Waals surface area contributed by atoms with Crippen LogP contribution in [0.4, 0.5) is 0 Å². The maximum absolute atomic E-state index is 11.8. The third kappa shape index (κ3) is 3.15. The lowest BCUT2D eigenvalue weighted by Crippen LogP contribution is -2.52. The molecule has 1 saturated heterocycles. The lowest BCUT2D eigenvalue weighted by molar-refractivity contribution is -0.132. The van der Waals surface area contributed by atoms with Crippen molar-refractivity contribution >= 4 is 5.91 Å². The van der Waals surface area contributed by atoms with Crippen molar-refractivity contribution in [3.8, 4) is 0 Å². The molecule has 0 saturated carbocycles. The van der Waals surface area contributed by atoms with Gasteiger partial charge in [-0.1, -0.05) is 0 Å². The van der Waals surface area contributed by atoms with E-state index in [1.54, 1.807) is 14.2 Å². The summed E-state index contributed by atoms with van der Waals surface area (Å²) in [6.07, 6.45) is 1.55. The monoisotopic (exact) mass is 216 g/mol. The Morgan fingerprint density at radius 2 is 2.20 bits per heavy atom. The van der Waals surface area contributed by atoms with Gasteiger partial charge in [-0.3, -0.25) is 4.79 Å². The second kappa shape index (κ2) is 5.44. The molecular weight excluding hydrogens is 196 g/mol. The van der Waals surface area contributed by atoms with E-state index < -0.39 is 5.54 Å². The molecule has 5 nitrogen and oxygen atoms in total. The lowest BCUT2D eigenvalue weighted by atomic mass is 9.99. The molecule has 1 fully saturated rings. The van der Waals surface area contributed by atoms with Crippen molar-refractivity contribution in [2.45, 2.75) is 31.6 Å². The number of rotatable bonds is 5.